The Labute approximate surface area is 150 Å². The summed E-state index contributed by atoms with van der Waals surface area (Å²) in [6, 6.07) is 7.85. The molecule has 5 heteroatoms. The molecular weight excluding hydrogens is 314 g/mol. The van der Waals surface area contributed by atoms with Crippen LogP contribution in [0.1, 0.15) is 39.2 Å². The average molecular weight is 343 g/mol. The molecule has 0 bridgehead atoms. The van der Waals surface area contributed by atoms with Gasteiger partial charge in [-0.05, 0) is 70.5 Å². The van der Waals surface area contributed by atoms with Gasteiger partial charge in [-0.1, -0.05) is 18.7 Å². The molecule has 1 saturated heterocycles. The lowest BCUT2D eigenvalue weighted by molar-refractivity contribution is -0.128. The first-order valence-electron chi connectivity index (χ1n) is 8.83. The van der Waals surface area contributed by atoms with E-state index in [4.69, 9.17) is 0 Å². The lowest BCUT2D eigenvalue weighted by Gasteiger charge is -2.33. The number of hydrogen-bond acceptors (Lipinski definition) is 3. The Morgan fingerprint density at radius 3 is 2.56 bits per heavy atom. The van der Waals surface area contributed by atoms with Crippen molar-refractivity contribution in [1.82, 2.24) is 10.2 Å². The van der Waals surface area contributed by atoms with Gasteiger partial charge < -0.3 is 10.6 Å². The summed E-state index contributed by atoms with van der Waals surface area (Å²) in [6.07, 6.45) is 3.03. The van der Waals surface area contributed by atoms with Crippen molar-refractivity contribution in [3.8, 4) is 0 Å². The second kappa shape index (κ2) is 8.30. The molecule has 0 aromatic heterocycles. The van der Waals surface area contributed by atoms with E-state index in [9.17, 15) is 9.59 Å². The predicted molar refractivity (Wildman–Crippen MR) is 101 cm³/mol. The zero-order chi connectivity index (χ0) is 18.4. The van der Waals surface area contributed by atoms with Crippen LogP contribution in [0.4, 0.5) is 5.69 Å². The van der Waals surface area contributed by atoms with Crippen LogP contribution in [0.25, 0.3) is 0 Å². The van der Waals surface area contributed by atoms with Crippen LogP contribution in [0.3, 0.4) is 0 Å². The summed E-state index contributed by atoms with van der Waals surface area (Å²) in [4.78, 5) is 26.0. The van der Waals surface area contributed by atoms with Gasteiger partial charge in [0.1, 0.15) is 0 Å². The van der Waals surface area contributed by atoms with Crippen LogP contribution < -0.4 is 10.6 Å². The first-order chi connectivity index (χ1) is 11.8. The van der Waals surface area contributed by atoms with Crippen molar-refractivity contribution in [2.24, 2.45) is 5.92 Å². The van der Waals surface area contributed by atoms with E-state index >= 15 is 0 Å². The predicted octanol–water partition coefficient (Wildman–Crippen LogP) is 2.94. The highest BCUT2D eigenvalue weighted by Crippen LogP contribution is 2.21. The number of anilines is 1. The third-order valence-corrected chi connectivity index (χ3v) is 4.24. The number of hydrogen-bond donors (Lipinski definition) is 2. The topological polar surface area (TPSA) is 61.4 Å². The summed E-state index contributed by atoms with van der Waals surface area (Å²) in [5.74, 6) is 0.0674. The maximum Gasteiger partial charge on any atom is 0.247 e. The summed E-state index contributed by atoms with van der Waals surface area (Å²) in [6.45, 7) is 12.1. The van der Waals surface area contributed by atoms with E-state index in [1.54, 1.807) is 0 Å². The monoisotopic (exact) mass is 343 g/mol. The SMILES string of the molecule is C=CC(=O)Nc1cccc(CN2CCC(C(=O)NC(C)(C)C)CC2)c1. The molecule has 0 atom stereocenters. The Balaban J connectivity index is 1.86. The molecule has 0 spiro atoms. The number of amides is 2. The molecular formula is C20H29N3O2. The van der Waals surface area contributed by atoms with Crippen LogP contribution in [-0.4, -0.2) is 35.3 Å². The van der Waals surface area contributed by atoms with Gasteiger partial charge in [0.15, 0.2) is 0 Å². The number of likely N-dealkylation sites (tertiary alicyclic amines) is 1. The lowest BCUT2D eigenvalue weighted by Crippen LogP contribution is -2.46. The van der Waals surface area contributed by atoms with Gasteiger partial charge >= 0.3 is 0 Å². The number of benzene rings is 1. The third-order valence-electron chi connectivity index (χ3n) is 4.24. The number of piperidine rings is 1. The fourth-order valence-corrected chi connectivity index (χ4v) is 3.02. The Morgan fingerprint density at radius 2 is 1.96 bits per heavy atom. The molecule has 5 nitrogen and oxygen atoms in total. The van der Waals surface area contributed by atoms with E-state index in [0.29, 0.717) is 0 Å². The van der Waals surface area contributed by atoms with Gasteiger partial charge in [0, 0.05) is 23.7 Å². The molecule has 1 aliphatic heterocycles. The smallest absolute Gasteiger partial charge is 0.247 e. The van der Waals surface area contributed by atoms with Crippen LogP contribution in [0.5, 0.6) is 0 Å². The molecule has 0 unspecified atom stereocenters. The van der Waals surface area contributed by atoms with Gasteiger partial charge in [-0.3, -0.25) is 14.5 Å². The molecule has 1 aliphatic rings. The lowest BCUT2D eigenvalue weighted by atomic mass is 9.94. The molecule has 25 heavy (non-hydrogen) atoms. The summed E-state index contributed by atoms with van der Waals surface area (Å²) < 4.78 is 0. The van der Waals surface area contributed by atoms with Gasteiger partial charge in [0.25, 0.3) is 0 Å². The zero-order valence-electron chi connectivity index (χ0n) is 15.5. The zero-order valence-corrected chi connectivity index (χ0v) is 15.5. The summed E-state index contributed by atoms with van der Waals surface area (Å²) in [5.41, 5.74) is 1.76. The van der Waals surface area contributed by atoms with Gasteiger partial charge in [-0.25, -0.2) is 0 Å². The van der Waals surface area contributed by atoms with Crippen molar-refractivity contribution >= 4 is 17.5 Å². The maximum atomic E-state index is 12.3. The fourth-order valence-electron chi connectivity index (χ4n) is 3.02. The van der Waals surface area contributed by atoms with E-state index in [1.165, 1.54) is 6.08 Å². The summed E-state index contributed by atoms with van der Waals surface area (Å²) in [7, 11) is 0. The average Bonchev–Trinajstić information content (AvgIpc) is 2.54. The van der Waals surface area contributed by atoms with Crippen molar-refractivity contribution < 1.29 is 9.59 Å². The number of carbonyl (C=O) groups is 2. The highest BCUT2D eigenvalue weighted by atomic mass is 16.2. The van der Waals surface area contributed by atoms with Gasteiger partial charge in [0.05, 0.1) is 0 Å². The molecule has 1 heterocycles. The first-order valence-corrected chi connectivity index (χ1v) is 8.83. The van der Waals surface area contributed by atoms with E-state index in [1.807, 2.05) is 39.0 Å². The van der Waals surface area contributed by atoms with Gasteiger partial charge in [-0.15, -0.1) is 0 Å². The van der Waals surface area contributed by atoms with Crippen LogP contribution in [0, 0.1) is 5.92 Å². The van der Waals surface area contributed by atoms with Crippen molar-refractivity contribution in [2.75, 3.05) is 18.4 Å². The van der Waals surface area contributed by atoms with Crippen LogP contribution in [0.2, 0.25) is 0 Å². The van der Waals surface area contributed by atoms with Crippen molar-refractivity contribution in [3.63, 3.8) is 0 Å². The highest BCUT2D eigenvalue weighted by molar-refractivity contribution is 5.98. The van der Waals surface area contributed by atoms with Gasteiger partial charge in [-0.2, -0.15) is 0 Å². The maximum absolute atomic E-state index is 12.3. The Hall–Kier alpha value is -2.14. The fraction of sp³-hybridized carbons (Fsp3) is 0.500. The quantitative estimate of drug-likeness (QED) is 0.808. The number of carbonyl (C=O) groups excluding carboxylic acids is 2. The second-order valence-corrected chi connectivity index (χ2v) is 7.68. The van der Waals surface area contributed by atoms with E-state index in [2.05, 4.69) is 28.2 Å². The largest absolute Gasteiger partial charge is 0.351 e. The van der Waals surface area contributed by atoms with E-state index < -0.39 is 0 Å². The second-order valence-electron chi connectivity index (χ2n) is 7.68. The Kier molecular flexibility index (Phi) is 6.37. The van der Waals surface area contributed by atoms with Crippen molar-refractivity contribution in [3.05, 3.63) is 42.5 Å². The molecule has 1 aromatic rings. The summed E-state index contributed by atoms with van der Waals surface area (Å²) >= 11 is 0. The molecule has 0 saturated carbocycles. The summed E-state index contributed by atoms with van der Waals surface area (Å²) in [5, 5.41) is 5.86. The number of rotatable bonds is 5. The van der Waals surface area contributed by atoms with E-state index in [-0.39, 0.29) is 23.3 Å². The van der Waals surface area contributed by atoms with Crippen molar-refractivity contribution in [1.29, 1.82) is 0 Å². The molecule has 136 valence electrons. The Bertz CT molecular complexity index is 626. The molecule has 1 fully saturated rings. The van der Waals surface area contributed by atoms with Crippen molar-refractivity contribution in [2.45, 2.75) is 45.7 Å². The molecule has 2 N–H and O–H groups in total. The van der Waals surface area contributed by atoms with E-state index in [0.717, 1.165) is 43.7 Å². The molecule has 0 radical (unpaired) electrons. The molecule has 1 aromatic carbocycles. The minimum Gasteiger partial charge on any atom is -0.351 e. The molecule has 2 rings (SSSR count). The molecule has 0 aliphatic carbocycles. The minimum absolute atomic E-state index is 0.105. The standard InChI is InChI=1S/C20H29N3O2/c1-5-18(24)21-17-8-6-7-15(13-17)14-23-11-9-16(10-12-23)19(25)22-20(2,3)4/h5-8,13,16H,1,9-12,14H2,2-4H3,(H,21,24)(H,22,25). The minimum atomic E-state index is -0.206. The molecule has 2 amide bonds. The number of nitrogens with zero attached hydrogens (tertiary/aromatic N) is 1. The highest BCUT2D eigenvalue weighted by Gasteiger charge is 2.27. The third kappa shape index (κ3) is 6.35. The van der Waals surface area contributed by atoms with Crippen LogP contribution in [0.15, 0.2) is 36.9 Å². The van der Waals surface area contributed by atoms with Crippen LogP contribution in [-0.2, 0) is 16.1 Å². The first kappa shape index (κ1) is 19.2. The van der Waals surface area contributed by atoms with Crippen LogP contribution >= 0.6 is 0 Å². The number of nitrogens with one attached hydrogen (secondary N) is 2. The van der Waals surface area contributed by atoms with Gasteiger partial charge in [0.2, 0.25) is 11.8 Å². The Morgan fingerprint density at radius 1 is 1.28 bits per heavy atom. The normalized spacial score (nSPS) is 16.3.